The molecule has 94 valence electrons. The van der Waals surface area contributed by atoms with E-state index in [0.29, 0.717) is 13.1 Å². The Balaban J connectivity index is 2.57. The Bertz CT molecular complexity index is 364. The predicted molar refractivity (Wildman–Crippen MR) is 64.2 cm³/mol. The number of hydrogen-bond acceptors (Lipinski definition) is 2. The first-order valence-electron chi connectivity index (χ1n) is 5.72. The highest BCUT2D eigenvalue weighted by atomic mass is 19.1. The lowest BCUT2D eigenvalue weighted by atomic mass is 10.1. The third-order valence-electron chi connectivity index (χ3n) is 2.72. The molecule has 0 aliphatic rings. The number of aliphatic carboxylic acids is 1. The van der Waals surface area contributed by atoms with Crippen LogP contribution in [0.15, 0.2) is 24.3 Å². The lowest BCUT2D eigenvalue weighted by Gasteiger charge is -2.22. The van der Waals surface area contributed by atoms with Crippen LogP contribution in [0.4, 0.5) is 4.39 Å². The predicted octanol–water partition coefficient (Wildman–Crippen LogP) is 2.37. The molecule has 1 N–H and O–H groups in total. The van der Waals surface area contributed by atoms with E-state index in [4.69, 9.17) is 5.11 Å². The second-order valence-corrected chi connectivity index (χ2v) is 4.19. The summed E-state index contributed by atoms with van der Waals surface area (Å²) in [6, 6.07) is 6.29. The van der Waals surface area contributed by atoms with Crippen LogP contribution in [0.5, 0.6) is 0 Å². The van der Waals surface area contributed by atoms with Gasteiger partial charge in [-0.2, -0.15) is 0 Å². The van der Waals surface area contributed by atoms with Crippen molar-refractivity contribution in [3.63, 3.8) is 0 Å². The van der Waals surface area contributed by atoms with Crippen molar-refractivity contribution >= 4 is 5.97 Å². The molecule has 0 aromatic heterocycles. The first kappa shape index (κ1) is 13.6. The summed E-state index contributed by atoms with van der Waals surface area (Å²) < 4.78 is 12.7. The number of hydrogen-bond donors (Lipinski definition) is 1. The maximum atomic E-state index is 12.7. The molecule has 1 aromatic rings. The number of rotatable bonds is 6. The van der Waals surface area contributed by atoms with Crippen LogP contribution >= 0.6 is 0 Å². The summed E-state index contributed by atoms with van der Waals surface area (Å²) in [5.41, 5.74) is 0.992. The molecule has 0 aliphatic heterocycles. The number of carboxylic acid groups (broad SMARTS) is 1. The van der Waals surface area contributed by atoms with Crippen molar-refractivity contribution in [1.82, 2.24) is 4.90 Å². The molecule has 0 fully saturated rings. The first-order chi connectivity index (χ1) is 8.02. The van der Waals surface area contributed by atoms with Crippen LogP contribution in [0, 0.1) is 11.7 Å². The Hall–Kier alpha value is -1.42. The van der Waals surface area contributed by atoms with E-state index in [-0.39, 0.29) is 5.82 Å². The van der Waals surface area contributed by atoms with Crippen molar-refractivity contribution in [3.8, 4) is 0 Å². The van der Waals surface area contributed by atoms with Crippen molar-refractivity contribution in [2.24, 2.45) is 5.92 Å². The van der Waals surface area contributed by atoms with Gasteiger partial charge in [-0.05, 0) is 24.2 Å². The third-order valence-corrected chi connectivity index (χ3v) is 2.72. The fourth-order valence-corrected chi connectivity index (χ4v) is 1.62. The summed E-state index contributed by atoms with van der Waals surface area (Å²) in [4.78, 5) is 12.8. The zero-order valence-corrected chi connectivity index (χ0v) is 10.2. The molecular weight excluding hydrogens is 221 g/mol. The van der Waals surface area contributed by atoms with Crippen LogP contribution in [0.25, 0.3) is 0 Å². The molecule has 4 heteroatoms. The molecule has 0 saturated heterocycles. The van der Waals surface area contributed by atoms with E-state index in [0.717, 1.165) is 12.1 Å². The van der Waals surface area contributed by atoms with Gasteiger partial charge in [-0.15, -0.1) is 0 Å². The minimum Gasteiger partial charge on any atom is -0.481 e. The maximum Gasteiger partial charge on any atom is 0.307 e. The van der Waals surface area contributed by atoms with Crippen LogP contribution in [-0.2, 0) is 11.3 Å². The molecule has 1 aromatic carbocycles. The van der Waals surface area contributed by atoms with Gasteiger partial charge in [0.15, 0.2) is 0 Å². The molecule has 0 aliphatic carbocycles. The van der Waals surface area contributed by atoms with E-state index >= 15 is 0 Å². The molecule has 0 saturated carbocycles. The molecule has 1 atom stereocenters. The van der Waals surface area contributed by atoms with E-state index in [9.17, 15) is 9.18 Å². The standard InChI is InChI=1S/C13H18FNO2/c1-3-15(8-10(2)13(16)17)9-11-4-6-12(14)7-5-11/h4-7,10H,3,8-9H2,1-2H3,(H,16,17). The summed E-state index contributed by atoms with van der Waals surface area (Å²) >= 11 is 0. The molecule has 3 nitrogen and oxygen atoms in total. The van der Waals surface area contributed by atoms with Gasteiger partial charge in [-0.3, -0.25) is 9.69 Å². The van der Waals surface area contributed by atoms with Crippen LogP contribution in [-0.4, -0.2) is 29.1 Å². The van der Waals surface area contributed by atoms with Crippen molar-refractivity contribution < 1.29 is 14.3 Å². The highest BCUT2D eigenvalue weighted by Gasteiger charge is 2.15. The molecule has 0 amide bonds. The van der Waals surface area contributed by atoms with Gasteiger partial charge >= 0.3 is 5.97 Å². The first-order valence-corrected chi connectivity index (χ1v) is 5.72. The van der Waals surface area contributed by atoms with Gasteiger partial charge in [-0.1, -0.05) is 26.0 Å². The van der Waals surface area contributed by atoms with Crippen LogP contribution in [0.1, 0.15) is 19.4 Å². The second-order valence-electron chi connectivity index (χ2n) is 4.19. The number of halogens is 1. The summed E-state index contributed by atoms with van der Waals surface area (Å²) in [5.74, 6) is -1.44. The normalized spacial score (nSPS) is 12.7. The lowest BCUT2D eigenvalue weighted by Crippen LogP contribution is -2.31. The fourth-order valence-electron chi connectivity index (χ4n) is 1.62. The molecule has 1 rings (SSSR count). The van der Waals surface area contributed by atoms with E-state index < -0.39 is 11.9 Å². The Morgan fingerprint density at radius 3 is 2.47 bits per heavy atom. The van der Waals surface area contributed by atoms with Gasteiger partial charge in [-0.25, -0.2) is 4.39 Å². The monoisotopic (exact) mass is 239 g/mol. The highest BCUT2D eigenvalue weighted by molar-refractivity contribution is 5.69. The Morgan fingerprint density at radius 1 is 1.41 bits per heavy atom. The van der Waals surface area contributed by atoms with Gasteiger partial charge in [0, 0.05) is 13.1 Å². The van der Waals surface area contributed by atoms with Crippen LogP contribution < -0.4 is 0 Å². The second kappa shape index (κ2) is 6.35. The Labute approximate surface area is 101 Å². The molecule has 0 spiro atoms. The molecule has 17 heavy (non-hydrogen) atoms. The highest BCUT2D eigenvalue weighted by Crippen LogP contribution is 2.08. The van der Waals surface area contributed by atoms with Crippen molar-refractivity contribution in [2.75, 3.05) is 13.1 Å². The molecule has 0 bridgehead atoms. The van der Waals surface area contributed by atoms with E-state index in [1.54, 1.807) is 19.1 Å². The smallest absolute Gasteiger partial charge is 0.307 e. The van der Waals surface area contributed by atoms with Crippen molar-refractivity contribution in [3.05, 3.63) is 35.6 Å². The Kier molecular flexibility index (Phi) is 5.10. The number of carbonyl (C=O) groups is 1. The minimum absolute atomic E-state index is 0.254. The maximum absolute atomic E-state index is 12.7. The summed E-state index contributed by atoms with van der Waals surface area (Å²) in [5, 5.41) is 8.85. The SMILES string of the molecule is CCN(Cc1ccc(F)cc1)CC(C)C(=O)O. The number of benzene rings is 1. The van der Waals surface area contributed by atoms with Gasteiger partial charge in [0.2, 0.25) is 0 Å². The van der Waals surface area contributed by atoms with Gasteiger partial charge in [0.25, 0.3) is 0 Å². The number of carboxylic acids is 1. The molecule has 0 heterocycles. The number of nitrogens with zero attached hydrogens (tertiary/aromatic N) is 1. The molecular formula is C13H18FNO2. The van der Waals surface area contributed by atoms with E-state index in [1.165, 1.54) is 12.1 Å². The zero-order chi connectivity index (χ0) is 12.8. The Morgan fingerprint density at radius 2 is 2.00 bits per heavy atom. The topological polar surface area (TPSA) is 40.5 Å². The van der Waals surface area contributed by atoms with Gasteiger partial charge in [0.1, 0.15) is 5.82 Å². The summed E-state index contributed by atoms with van der Waals surface area (Å²) in [7, 11) is 0. The average molecular weight is 239 g/mol. The fraction of sp³-hybridized carbons (Fsp3) is 0.462. The quantitative estimate of drug-likeness (QED) is 0.828. The van der Waals surface area contributed by atoms with Crippen molar-refractivity contribution in [2.45, 2.75) is 20.4 Å². The minimum atomic E-state index is -0.789. The molecule has 1 unspecified atom stereocenters. The largest absolute Gasteiger partial charge is 0.481 e. The van der Waals surface area contributed by atoms with E-state index in [2.05, 4.69) is 0 Å². The molecule has 0 radical (unpaired) electrons. The third kappa shape index (κ3) is 4.53. The van der Waals surface area contributed by atoms with Crippen LogP contribution in [0.3, 0.4) is 0 Å². The summed E-state index contributed by atoms with van der Waals surface area (Å²) in [6.07, 6.45) is 0. The van der Waals surface area contributed by atoms with E-state index in [1.807, 2.05) is 11.8 Å². The van der Waals surface area contributed by atoms with Crippen LogP contribution in [0.2, 0.25) is 0 Å². The average Bonchev–Trinajstić information content (AvgIpc) is 2.30. The van der Waals surface area contributed by atoms with Crippen molar-refractivity contribution in [1.29, 1.82) is 0 Å². The summed E-state index contributed by atoms with van der Waals surface area (Å²) in [6.45, 7) is 5.60. The van der Waals surface area contributed by atoms with Gasteiger partial charge < -0.3 is 5.11 Å². The zero-order valence-electron chi connectivity index (χ0n) is 10.2. The van der Waals surface area contributed by atoms with Gasteiger partial charge in [0.05, 0.1) is 5.92 Å². The lowest BCUT2D eigenvalue weighted by molar-refractivity contribution is -0.141.